The lowest BCUT2D eigenvalue weighted by Crippen LogP contribution is -1.96. The van der Waals surface area contributed by atoms with Crippen molar-refractivity contribution in [3.63, 3.8) is 0 Å². The third-order valence-electron chi connectivity index (χ3n) is 1.41. The Morgan fingerprint density at radius 2 is 1.92 bits per heavy atom. The van der Waals surface area contributed by atoms with Gasteiger partial charge in [-0.25, -0.2) is 0 Å². The third-order valence-corrected chi connectivity index (χ3v) is 1.41. The van der Waals surface area contributed by atoms with E-state index in [1.165, 1.54) is 12.1 Å². The Bertz CT molecular complexity index is 286. The van der Waals surface area contributed by atoms with E-state index in [2.05, 4.69) is 0 Å². The molecule has 66 valence electrons. The summed E-state index contributed by atoms with van der Waals surface area (Å²) < 4.78 is 5.08. The summed E-state index contributed by atoms with van der Waals surface area (Å²) in [6, 6.07) is 2.54. The van der Waals surface area contributed by atoms with Crippen LogP contribution in [0.2, 0.25) is 0 Å². The molecule has 12 heavy (non-hydrogen) atoms. The van der Waals surface area contributed by atoms with Crippen LogP contribution in [0.15, 0.2) is 12.1 Å². The summed E-state index contributed by atoms with van der Waals surface area (Å²) in [7, 11) is 0. The first-order chi connectivity index (χ1) is 5.65. The minimum Gasteiger partial charge on any atom is -0.504 e. The normalized spacial score (nSPS) is 9.75. The molecule has 0 unspecified atom stereocenters. The minimum absolute atomic E-state index is 0.229. The molecule has 0 atom stereocenters. The van der Waals surface area contributed by atoms with Gasteiger partial charge in [-0.3, -0.25) is 0 Å². The highest BCUT2D eigenvalue weighted by Gasteiger charge is 2.05. The number of aromatic hydroxyl groups is 2. The van der Waals surface area contributed by atoms with E-state index < -0.39 is 0 Å². The van der Waals surface area contributed by atoms with Crippen LogP contribution in [0.3, 0.4) is 0 Å². The van der Waals surface area contributed by atoms with Crippen LogP contribution in [0.25, 0.3) is 0 Å². The van der Waals surface area contributed by atoms with E-state index in [0.717, 1.165) is 0 Å². The number of rotatable bonds is 2. The van der Waals surface area contributed by atoms with Crippen molar-refractivity contribution in [1.29, 1.82) is 0 Å². The van der Waals surface area contributed by atoms with Crippen LogP contribution in [0.5, 0.6) is 17.2 Å². The van der Waals surface area contributed by atoms with E-state index in [0.29, 0.717) is 18.0 Å². The maximum absolute atomic E-state index is 9.07. The Balaban J connectivity index is 3.05. The molecule has 0 bridgehead atoms. The molecule has 0 saturated heterocycles. The van der Waals surface area contributed by atoms with Crippen molar-refractivity contribution in [3.05, 3.63) is 12.1 Å². The van der Waals surface area contributed by atoms with Gasteiger partial charge in [0, 0.05) is 12.1 Å². The lowest BCUT2D eigenvalue weighted by molar-refractivity contribution is 0.336. The number of ether oxygens (including phenoxy) is 1. The molecule has 4 N–H and O–H groups in total. The molecule has 0 heterocycles. The Morgan fingerprint density at radius 3 is 2.50 bits per heavy atom. The second-order valence-corrected chi connectivity index (χ2v) is 2.31. The maximum atomic E-state index is 9.07. The largest absolute Gasteiger partial charge is 0.504 e. The highest BCUT2D eigenvalue weighted by atomic mass is 16.5. The molecule has 0 spiro atoms. The van der Waals surface area contributed by atoms with Crippen LogP contribution in [0, 0.1) is 0 Å². The Labute approximate surface area is 70.2 Å². The lowest BCUT2D eigenvalue weighted by atomic mass is 10.2. The van der Waals surface area contributed by atoms with E-state index in [4.69, 9.17) is 20.7 Å². The van der Waals surface area contributed by atoms with E-state index >= 15 is 0 Å². The second-order valence-electron chi connectivity index (χ2n) is 2.31. The fourth-order valence-corrected chi connectivity index (χ4v) is 0.854. The summed E-state index contributed by atoms with van der Waals surface area (Å²) >= 11 is 0. The molecule has 0 saturated carbocycles. The van der Waals surface area contributed by atoms with Gasteiger partial charge in [0.1, 0.15) is 5.75 Å². The second kappa shape index (κ2) is 3.21. The smallest absolute Gasteiger partial charge is 0.161 e. The van der Waals surface area contributed by atoms with E-state index in [1.54, 1.807) is 0 Å². The molecule has 1 rings (SSSR count). The molecule has 0 aliphatic rings. The van der Waals surface area contributed by atoms with Crippen LogP contribution in [-0.4, -0.2) is 16.8 Å². The van der Waals surface area contributed by atoms with Gasteiger partial charge in [-0.15, -0.1) is 0 Å². The molecule has 1 aromatic carbocycles. The molecule has 0 aliphatic carbocycles. The summed E-state index contributed by atoms with van der Waals surface area (Å²) in [5.74, 6) is -0.0867. The van der Waals surface area contributed by atoms with Gasteiger partial charge < -0.3 is 20.7 Å². The van der Waals surface area contributed by atoms with E-state index in [9.17, 15) is 0 Å². The molecule has 0 radical (unpaired) electrons. The topological polar surface area (TPSA) is 75.7 Å². The van der Waals surface area contributed by atoms with Gasteiger partial charge in [0.2, 0.25) is 0 Å². The number of nitrogen functional groups attached to an aromatic ring is 1. The van der Waals surface area contributed by atoms with Crippen LogP contribution in [-0.2, 0) is 0 Å². The zero-order valence-corrected chi connectivity index (χ0v) is 6.74. The van der Waals surface area contributed by atoms with E-state index in [-0.39, 0.29) is 11.5 Å². The number of hydrogen-bond acceptors (Lipinski definition) is 4. The third kappa shape index (κ3) is 1.53. The summed E-state index contributed by atoms with van der Waals surface area (Å²) in [6.07, 6.45) is 0. The summed E-state index contributed by atoms with van der Waals surface area (Å²) in [5.41, 5.74) is 5.79. The summed E-state index contributed by atoms with van der Waals surface area (Å²) in [6.45, 7) is 2.28. The van der Waals surface area contributed by atoms with Gasteiger partial charge in [0.15, 0.2) is 11.5 Å². The predicted octanol–water partition coefficient (Wildman–Crippen LogP) is 1.08. The molecule has 4 heteroatoms. The van der Waals surface area contributed by atoms with Gasteiger partial charge >= 0.3 is 0 Å². The zero-order valence-electron chi connectivity index (χ0n) is 6.74. The number of phenolic OH excluding ortho intramolecular Hbond substituents is 2. The van der Waals surface area contributed by atoms with Crippen molar-refractivity contribution in [2.45, 2.75) is 6.92 Å². The van der Waals surface area contributed by atoms with Crippen LogP contribution in [0.1, 0.15) is 6.92 Å². The van der Waals surface area contributed by atoms with Gasteiger partial charge in [-0.05, 0) is 6.92 Å². The van der Waals surface area contributed by atoms with Crippen molar-refractivity contribution in [3.8, 4) is 17.2 Å². The number of phenols is 2. The van der Waals surface area contributed by atoms with Gasteiger partial charge in [-0.2, -0.15) is 0 Å². The standard InChI is InChI=1S/C8H11NO3/c1-2-12-8-4-7(11)6(10)3-5(8)9/h3-4,10-11H,2,9H2,1H3. The molecule has 4 nitrogen and oxygen atoms in total. The highest BCUT2D eigenvalue weighted by Crippen LogP contribution is 2.34. The van der Waals surface area contributed by atoms with E-state index in [1.807, 2.05) is 6.92 Å². The Kier molecular flexibility index (Phi) is 2.28. The molecular formula is C8H11NO3. The minimum atomic E-state index is -0.240. The zero-order chi connectivity index (χ0) is 9.14. The van der Waals surface area contributed by atoms with Crippen molar-refractivity contribution < 1.29 is 14.9 Å². The predicted molar refractivity (Wildman–Crippen MR) is 45.4 cm³/mol. The van der Waals surface area contributed by atoms with Gasteiger partial charge in [0.05, 0.1) is 12.3 Å². The number of benzene rings is 1. The quantitative estimate of drug-likeness (QED) is 0.352. The fraction of sp³-hybridized carbons (Fsp3) is 0.250. The Morgan fingerprint density at radius 1 is 1.33 bits per heavy atom. The highest BCUT2D eigenvalue weighted by molar-refractivity contribution is 5.60. The summed E-state index contributed by atoms with van der Waals surface area (Å²) in [5, 5.41) is 18.1. The van der Waals surface area contributed by atoms with Gasteiger partial charge in [0.25, 0.3) is 0 Å². The molecule has 0 amide bonds. The number of anilines is 1. The average molecular weight is 169 g/mol. The Hall–Kier alpha value is -1.58. The van der Waals surface area contributed by atoms with Gasteiger partial charge in [-0.1, -0.05) is 0 Å². The maximum Gasteiger partial charge on any atom is 0.161 e. The first-order valence-corrected chi connectivity index (χ1v) is 3.59. The SMILES string of the molecule is CCOc1cc(O)c(O)cc1N. The van der Waals surface area contributed by atoms with Crippen molar-refractivity contribution >= 4 is 5.69 Å². The molecular weight excluding hydrogens is 158 g/mol. The van der Waals surface area contributed by atoms with Crippen LogP contribution in [0.4, 0.5) is 5.69 Å². The van der Waals surface area contributed by atoms with Crippen LogP contribution >= 0.6 is 0 Å². The monoisotopic (exact) mass is 169 g/mol. The summed E-state index contributed by atoms with van der Waals surface area (Å²) in [4.78, 5) is 0. The average Bonchev–Trinajstić information content (AvgIpc) is 2.01. The van der Waals surface area contributed by atoms with Crippen LogP contribution < -0.4 is 10.5 Å². The molecule has 0 fully saturated rings. The van der Waals surface area contributed by atoms with Crippen molar-refractivity contribution in [2.75, 3.05) is 12.3 Å². The van der Waals surface area contributed by atoms with Crippen molar-refractivity contribution in [2.24, 2.45) is 0 Å². The fourth-order valence-electron chi connectivity index (χ4n) is 0.854. The molecule has 0 aromatic heterocycles. The number of nitrogens with two attached hydrogens (primary N) is 1. The number of hydrogen-bond donors (Lipinski definition) is 3. The van der Waals surface area contributed by atoms with Crippen molar-refractivity contribution in [1.82, 2.24) is 0 Å². The first kappa shape index (κ1) is 8.52. The lowest BCUT2D eigenvalue weighted by Gasteiger charge is -2.07. The molecule has 1 aromatic rings. The first-order valence-electron chi connectivity index (χ1n) is 3.59. The molecule has 0 aliphatic heterocycles.